The molecule has 0 saturated carbocycles. The number of esters is 1. The second kappa shape index (κ2) is 10.3. The Balaban J connectivity index is 1.82. The van der Waals surface area contributed by atoms with E-state index in [1.807, 2.05) is 4.90 Å². The number of ether oxygens (including phenoxy) is 2. The molecule has 1 unspecified atom stereocenters. The molecule has 168 valence electrons. The number of benzene rings is 1. The van der Waals surface area contributed by atoms with Crippen molar-refractivity contribution in [2.75, 3.05) is 45.9 Å². The van der Waals surface area contributed by atoms with Crippen molar-refractivity contribution in [3.63, 3.8) is 0 Å². The molecular formula is C21H27FN4O5. The number of nitrogens with one attached hydrogen (secondary N) is 2. The lowest BCUT2D eigenvalue weighted by atomic mass is 9.95. The van der Waals surface area contributed by atoms with Crippen LogP contribution in [0.2, 0.25) is 0 Å². The van der Waals surface area contributed by atoms with Crippen molar-refractivity contribution in [3.8, 4) is 0 Å². The van der Waals surface area contributed by atoms with E-state index in [4.69, 9.17) is 9.47 Å². The van der Waals surface area contributed by atoms with E-state index in [2.05, 4.69) is 10.6 Å². The first-order chi connectivity index (χ1) is 14.9. The first kappa shape index (κ1) is 22.5. The average molecular weight is 434 g/mol. The highest BCUT2D eigenvalue weighted by atomic mass is 19.1. The van der Waals surface area contributed by atoms with E-state index in [1.165, 1.54) is 24.3 Å². The van der Waals surface area contributed by atoms with Crippen molar-refractivity contribution in [3.05, 3.63) is 46.9 Å². The SMILES string of the molecule is CCOC(=O)C1=C(CN2CCN(C(=O)OCC)CC2)NC(=O)NC1c1ccc(F)cc1. The molecule has 0 spiro atoms. The molecule has 1 aromatic rings. The minimum atomic E-state index is -0.760. The Morgan fingerprint density at radius 1 is 1.06 bits per heavy atom. The van der Waals surface area contributed by atoms with Crippen LogP contribution in [0.15, 0.2) is 35.5 Å². The normalized spacial score (nSPS) is 19.5. The highest BCUT2D eigenvalue weighted by Crippen LogP contribution is 2.28. The van der Waals surface area contributed by atoms with Gasteiger partial charge in [0.05, 0.1) is 24.8 Å². The molecule has 1 aromatic carbocycles. The van der Waals surface area contributed by atoms with Gasteiger partial charge in [0.15, 0.2) is 0 Å². The van der Waals surface area contributed by atoms with E-state index in [0.717, 1.165) is 0 Å². The molecule has 31 heavy (non-hydrogen) atoms. The van der Waals surface area contributed by atoms with Crippen molar-refractivity contribution in [1.29, 1.82) is 0 Å². The Hall–Kier alpha value is -3.14. The van der Waals surface area contributed by atoms with E-state index in [-0.39, 0.29) is 18.3 Å². The number of hydrogen-bond acceptors (Lipinski definition) is 6. The molecule has 0 aliphatic carbocycles. The molecule has 0 bridgehead atoms. The minimum Gasteiger partial charge on any atom is -0.463 e. The van der Waals surface area contributed by atoms with E-state index in [1.54, 1.807) is 18.7 Å². The van der Waals surface area contributed by atoms with Crippen LogP contribution in [0.5, 0.6) is 0 Å². The molecule has 1 fully saturated rings. The lowest BCUT2D eigenvalue weighted by Gasteiger charge is -2.36. The van der Waals surface area contributed by atoms with Gasteiger partial charge in [-0.25, -0.2) is 18.8 Å². The van der Waals surface area contributed by atoms with E-state index >= 15 is 0 Å². The molecule has 2 aliphatic heterocycles. The fraction of sp³-hybridized carbons (Fsp3) is 0.476. The molecule has 10 heteroatoms. The molecular weight excluding hydrogens is 407 g/mol. The zero-order valence-corrected chi connectivity index (χ0v) is 17.7. The van der Waals surface area contributed by atoms with Crippen molar-refractivity contribution in [1.82, 2.24) is 20.4 Å². The van der Waals surface area contributed by atoms with Crippen molar-refractivity contribution in [2.24, 2.45) is 0 Å². The van der Waals surface area contributed by atoms with Gasteiger partial charge in [-0.3, -0.25) is 4.90 Å². The summed E-state index contributed by atoms with van der Waals surface area (Å²) >= 11 is 0. The van der Waals surface area contributed by atoms with Gasteiger partial charge in [-0.2, -0.15) is 0 Å². The molecule has 2 N–H and O–H groups in total. The second-order valence-corrected chi connectivity index (χ2v) is 7.16. The number of carbonyl (C=O) groups excluding carboxylic acids is 3. The standard InChI is InChI=1S/C21H27FN4O5/c1-3-30-19(27)17-16(13-25-9-11-26(12-10-25)21(29)31-4-2)23-20(28)24-18(17)14-5-7-15(22)8-6-14/h5-8,18H,3-4,9-13H2,1-2H3,(H2,23,24,28). The topological polar surface area (TPSA) is 100 Å². The van der Waals surface area contributed by atoms with Crippen molar-refractivity contribution < 1.29 is 28.2 Å². The van der Waals surface area contributed by atoms with Crippen molar-refractivity contribution in [2.45, 2.75) is 19.9 Å². The minimum absolute atomic E-state index is 0.178. The number of urea groups is 1. The fourth-order valence-electron chi connectivity index (χ4n) is 3.62. The van der Waals surface area contributed by atoms with Crippen LogP contribution in [0, 0.1) is 5.82 Å². The molecule has 9 nitrogen and oxygen atoms in total. The van der Waals surface area contributed by atoms with E-state index in [0.29, 0.717) is 50.6 Å². The summed E-state index contributed by atoms with van der Waals surface area (Å²) in [6, 6.07) is 4.40. The van der Waals surface area contributed by atoms with Gasteiger partial charge < -0.3 is 25.0 Å². The molecule has 0 aromatic heterocycles. The van der Waals surface area contributed by atoms with Crippen LogP contribution in [-0.4, -0.2) is 73.8 Å². The van der Waals surface area contributed by atoms with Crippen LogP contribution in [0.3, 0.4) is 0 Å². The third-order valence-corrected chi connectivity index (χ3v) is 5.13. The van der Waals surface area contributed by atoms with Gasteiger partial charge in [-0.15, -0.1) is 0 Å². The number of halogens is 1. The van der Waals surface area contributed by atoms with Crippen LogP contribution >= 0.6 is 0 Å². The summed E-state index contributed by atoms with van der Waals surface area (Å²) in [5, 5.41) is 5.45. The highest BCUT2D eigenvalue weighted by Gasteiger charge is 2.35. The van der Waals surface area contributed by atoms with Crippen LogP contribution in [0.1, 0.15) is 25.5 Å². The summed E-state index contributed by atoms with van der Waals surface area (Å²) in [5.74, 6) is -0.963. The number of amides is 3. The number of hydrogen-bond donors (Lipinski definition) is 2. The summed E-state index contributed by atoms with van der Waals surface area (Å²) in [7, 11) is 0. The Morgan fingerprint density at radius 3 is 2.32 bits per heavy atom. The molecule has 3 amide bonds. The lowest BCUT2D eigenvalue weighted by Crippen LogP contribution is -2.52. The summed E-state index contributed by atoms with van der Waals surface area (Å²) in [6.07, 6.45) is -0.347. The number of rotatable bonds is 6. The summed E-state index contributed by atoms with van der Waals surface area (Å²) in [4.78, 5) is 40.7. The Morgan fingerprint density at radius 2 is 1.71 bits per heavy atom. The summed E-state index contributed by atoms with van der Waals surface area (Å²) < 4.78 is 23.7. The lowest BCUT2D eigenvalue weighted by molar-refractivity contribution is -0.139. The van der Waals surface area contributed by atoms with Gasteiger partial charge in [0.25, 0.3) is 0 Å². The van der Waals surface area contributed by atoms with Gasteiger partial charge in [-0.05, 0) is 31.5 Å². The largest absolute Gasteiger partial charge is 0.463 e. The monoisotopic (exact) mass is 434 g/mol. The zero-order chi connectivity index (χ0) is 22.4. The van der Waals surface area contributed by atoms with Crippen LogP contribution in [0.4, 0.5) is 14.0 Å². The first-order valence-corrected chi connectivity index (χ1v) is 10.3. The van der Waals surface area contributed by atoms with Crippen molar-refractivity contribution >= 4 is 18.1 Å². The average Bonchev–Trinajstić information content (AvgIpc) is 2.74. The van der Waals surface area contributed by atoms with Gasteiger partial charge in [0.1, 0.15) is 5.82 Å². The highest BCUT2D eigenvalue weighted by molar-refractivity contribution is 5.95. The third-order valence-electron chi connectivity index (χ3n) is 5.13. The zero-order valence-electron chi connectivity index (χ0n) is 17.7. The maximum Gasteiger partial charge on any atom is 0.409 e. The molecule has 1 saturated heterocycles. The van der Waals surface area contributed by atoms with Gasteiger partial charge in [0.2, 0.25) is 0 Å². The third kappa shape index (κ3) is 5.52. The van der Waals surface area contributed by atoms with Gasteiger partial charge >= 0.3 is 18.1 Å². The van der Waals surface area contributed by atoms with E-state index in [9.17, 15) is 18.8 Å². The van der Waals surface area contributed by atoms with Crippen LogP contribution in [0.25, 0.3) is 0 Å². The second-order valence-electron chi connectivity index (χ2n) is 7.16. The van der Waals surface area contributed by atoms with Gasteiger partial charge in [0, 0.05) is 38.4 Å². The number of carbonyl (C=O) groups is 3. The maximum atomic E-state index is 13.4. The quantitative estimate of drug-likeness (QED) is 0.662. The molecule has 0 radical (unpaired) electrons. The number of nitrogens with zero attached hydrogens (tertiary/aromatic N) is 2. The first-order valence-electron chi connectivity index (χ1n) is 10.3. The van der Waals surface area contributed by atoms with Crippen LogP contribution in [-0.2, 0) is 14.3 Å². The van der Waals surface area contributed by atoms with E-state index < -0.39 is 23.9 Å². The predicted molar refractivity (Wildman–Crippen MR) is 110 cm³/mol. The predicted octanol–water partition coefficient (Wildman–Crippen LogP) is 1.77. The Kier molecular flexibility index (Phi) is 7.45. The van der Waals surface area contributed by atoms with Crippen LogP contribution < -0.4 is 10.6 Å². The smallest absolute Gasteiger partial charge is 0.409 e. The summed E-state index contributed by atoms with van der Waals surface area (Å²) in [5.41, 5.74) is 1.28. The maximum absolute atomic E-state index is 13.4. The molecule has 2 heterocycles. The number of piperazine rings is 1. The Labute approximate surface area is 180 Å². The molecule has 3 rings (SSSR count). The molecule has 1 atom stereocenters. The van der Waals surface area contributed by atoms with Gasteiger partial charge in [-0.1, -0.05) is 12.1 Å². The Bertz CT molecular complexity index is 850. The summed E-state index contributed by atoms with van der Waals surface area (Å²) in [6.45, 7) is 6.34. The fourth-order valence-corrected chi connectivity index (χ4v) is 3.62. The molecule has 2 aliphatic rings.